The minimum absolute atomic E-state index is 0.208. The second kappa shape index (κ2) is 7.99. The number of carbonyl (C=O) groups is 3. The van der Waals surface area contributed by atoms with E-state index in [4.69, 9.17) is 0 Å². The van der Waals surface area contributed by atoms with Crippen LogP contribution in [0.4, 0.5) is 5.69 Å². The molecule has 1 aliphatic rings. The standard InChI is InChI=1S/C23H23N3O3S/c1-4-11-25-18-12-14(2)15(3)13-19(18)30-23(25)24-22(29)16-5-7-17(8-6-16)26-20(27)9-10-21(26)28/h5-8,12-13H,4,9-11H2,1-3H3. The van der Waals surface area contributed by atoms with E-state index >= 15 is 0 Å². The summed E-state index contributed by atoms with van der Waals surface area (Å²) in [6.07, 6.45) is 1.40. The van der Waals surface area contributed by atoms with Crippen molar-refractivity contribution in [2.24, 2.45) is 4.99 Å². The van der Waals surface area contributed by atoms with Gasteiger partial charge in [-0.05, 0) is 67.8 Å². The Labute approximate surface area is 178 Å². The van der Waals surface area contributed by atoms with Crippen LogP contribution >= 0.6 is 11.3 Å². The van der Waals surface area contributed by atoms with Gasteiger partial charge in [-0.15, -0.1) is 0 Å². The first kappa shape index (κ1) is 20.2. The van der Waals surface area contributed by atoms with Crippen LogP contribution < -0.4 is 9.70 Å². The van der Waals surface area contributed by atoms with Crippen molar-refractivity contribution in [2.45, 2.75) is 46.6 Å². The van der Waals surface area contributed by atoms with Gasteiger partial charge in [-0.3, -0.25) is 19.3 Å². The number of anilines is 1. The molecule has 0 atom stereocenters. The second-order valence-electron chi connectivity index (χ2n) is 7.53. The van der Waals surface area contributed by atoms with Crippen molar-refractivity contribution in [2.75, 3.05) is 4.90 Å². The molecule has 154 valence electrons. The monoisotopic (exact) mass is 421 g/mol. The fourth-order valence-corrected chi connectivity index (χ4v) is 4.75. The summed E-state index contributed by atoms with van der Waals surface area (Å²) in [4.78, 5) is 42.9. The summed E-state index contributed by atoms with van der Waals surface area (Å²) in [6, 6.07) is 10.8. The normalized spacial score (nSPS) is 14.9. The summed E-state index contributed by atoms with van der Waals surface area (Å²) in [7, 11) is 0. The molecule has 0 aliphatic carbocycles. The predicted molar refractivity (Wildman–Crippen MR) is 118 cm³/mol. The van der Waals surface area contributed by atoms with Gasteiger partial charge in [0.2, 0.25) is 11.8 Å². The first-order valence-corrected chi connectivity index (χ1v) is 10.9. The second-order valence-corrected chi connectivity index (χ2v) is 8.54. The van der Waals surface area contributed by atoms with Crippen LogP contribution in [0.3, 0.4) is 0 Å². The zero-order valence-corrected chi connectivity index (χ0v) is 18.1. The summed E-state index contributed by atoms with van der Waals surface area (Å²) in [5.41, 5.74) is 4.44. The fraction of sp³-hybridized carbons (Fsp3) is 0.304. The lowest BCUT2D eigenvalue weighted by molar-refractivity contribution is -0.121. The number of aryl methyl sites for hydroxylation is 3. The number of hydrogen-bond acceptors (Lipinski definition) is 4. The van der Waals surface area contributed by atoms with Crippen LogP contribution in [0.2, 0.25) is 0 Å². The largest absolute Gasteiger partial charge is 0.316 e. The van der Waals surface area contributed by atoms with Crippen LogP contribution in [-0.2, 0) is 16.1 Å². The number of nitrogens with zero attached hydrogens (tertiary/aromatic N) is 3. The van der Waals surface area contributed by atoms with Crippen molar-refractivity contribution in [1.29, 1.82) is 0 Å². The van der Waals surface area contributed by atoms with E-state index in [0.29, 0.717) is 16.1 Å². The third kappa shape index (κ3) is 3.61. The maximum atomic E-state index is 12.8. The van der Waals surface area contributed by atoms with E-state index in [1.54, 1.807) is 24.3 Å². The highest BCUT2D eigenvalue weighted by molar-refractivity contribution is 7.16. The molecule has 1 fully saturated rings. The number of amides is 3. The predicted octanol–water partition coefficient (Wildman–Crippen LogP) is 4.12. The SMILES string of the molecule is CCCn1c(=NC(=O)c2ccc(N3C(=O)CCC3=O)cc2)sc2cc(C)c(C)cc21. The van der Waals surface area contributed by atoms with Gasteiger partial charge in [0.25, 0.3) is 5.91 Å². The van der Waals surface area contributed by atoms with Crippen molar-refractivity contribution in [1.82, 2.24) is 4.57 Å². The Kier molecular flexibility index (Phi) is 5.39. The molecule has 0 radical (unpaired) electrons. The van der Waals surface area contributed by atoms with E-state index in [1.807, 2.05) is 0 Å². The molecule has 2 heterocycles. The smallest absolute Gasteiger partial charge is 0.279 e. The average molecular weight is 422 g/mol. The van der Waals surface area contributed by atoms with Gasteiger partial charge in [0, 0.05) is 24.9 Å². The molecule has 0 unspecified atom stereocenters. The number of aromatic nitrogens is 1. The van der Waals surface area contributed by atoms with E-state index in [1.165, 1.54) is 27.4 Å². The number of fused-ring (bicyclic) bond motifs is 1. The Morgan fingerprint density at radius 3 is 2.30 bits per heavy atom. The van der Waals surface area contributed by atoms with Crippen molar-refractivity contribution >= 4 is 45.0 Å². The van der Waals surface area contributed by atoms with Crippen LogP contribution in [-0.4, -0.2) is 22.3 Å². The zero-order chi connectivity index (χ0) is 21.4. The number of rotatable bonds is 4. The highest BCUT2D eigenvalue weighted by atomic mass is 32.1. The summed E-state index contributed by atoms with van der Waals surface area (Å²) < 4.78 is 3.21. The van der Waals surface area contributed by atoms with Crippen LogP contribution in [0.1, 0.15) is 47.7 Å². The Bertz CT molecular complexity index is 1220. The van der Waals surface area contributed by atoms with Crippen molar-refractivity contribution < 1.29 is 14.4 Å². The molecule has 30 heavy (non-hydrogen) atoms. The molecule has 4 rings (SSSR count). The van der Waals surface area contributed by atoms with Gasteiger partial charge in [-0.1, -0.05) is 18.3 Å². The van der Waals surface area contributed by atoms with Crippen molar-refractivity contribution in [3.8, 4) is 0 Å². The number of imide groups is 1. The maximum Gasteiger partial charge on any atom is 0.279 e. The van der Waals surface area contributed by atoms with E-state index in [-0.39, 0.29) is 30.6 Å². The number of carbonyl (C=O) groups excluding carboxylic acids is 3. The maximum absolute atomic E-state index is 12.8. The molecule has 1 saturated heterocycles. The van der Waals surface area contributed by atoms with Gasteiger partial charge in [-0.25, -0.2) is 0 Å². The van der Waals surface area contributed by atoms with Crippen LogP contribution in [0.25, 0.3) is 10.2 Å². The summed E-state index contributed by atoms with van der Waals surface area (Å²) in [5, 5.41) is 0. The Morgan fingerprint density at radius 1 is 1.03 bits per heavy atom. The van der Waals surface area contributed by atoms with Crippen LogP contribution in [0.5, 0.6) is 0 Å². The lowest BCUT2D eigenvalue weighted by atomic mass is 10.1. The zero-order valence-electron chi connectivity index (χ0n) is 17.3. The molecule has 0 bridgehead atoms. The van der Waals surface area contributed by atoms with E-state index in [9.17, 15) is 14.4 Å². The third-order valence-electron chi connectivity index (χ3n) is 5.37. The van der Waals surface area contributed by atoms with Gasteiger partial charge >= 0.3 is 0 Å². The lowest BCUT2D eigenvalue weighted by Gasteiger charge is -2.13. The van der Waals surface area contributed by atoms with Gasteiger partial charge < -0.3 is 4.57 Å². The molecule has 1 aromatic heterocycles. The van der Waals surface area contributed by atoms with E-state index in [2.05, 4.69) is 42.5 Å². The minimum atomic E-state index is -0.342. The molecular formula is C23H23N3O3S. The van der Waals surface area contributed by atoms with Crippen LogP contribution in [0, 0.1) is 13.8 Å². The first-order chi connectivity index (χ1) is 14.4. The number of thiazole rings is 1. The van der Waals surface area contributed by atoms with Gasteiger partial charge in [-0.2, -0.15) is 4.99 Å². The molecule has 3 amide bonds. The average Bonchev–Trinajstić information content (AvgIpc) is 3.22. The quantitative estimate of drug-likeness (QED) is 0.595. The van der Waals surface area contributed by atoms with Crippen molar-refractivity contribution in [3.63, 3.8) is 0 Å². The molecular weight excluding hydrogens is 398 g/mol. The van der Waals surface area contributed by atoms with Gasteiger partial charge in [0.05, 0.1) is 15.9 Å². The molecule has 2 aromatic carbocycles. The fourth-order valence-electron chi connectivity index (χ4n) is 3.62. The molecule has 1 aliphatic heterocycles. The lowest BCUT2D eigenvalue weighted by Crippen LogP contribution is -2.28. The molecule has 0 saturated carbocycles. The third-order valence-corrected chi connectivity index (χ3v) is 6.41. The highest BCUT2D eigenvalue weighted by Crippen LogP contribution is 2.24. The molecule has 6 nitrogen and oxygen atoms in total. The van der Waals surface area contributed by atoms with Gasteiger partial charge in [0.1, 0.15) is 0 Å². The summed E-state index contributed by atoms with van der Waals surface area (Å²) >= 11 is 1.51. The molecule has 0 N–H and O–H groups in total. The minimum Gasteiger partial charge on any atom is -0.316 e. The topological polar surface area (TPSA) is 71.7 Å². The van der Waals surface area contributed by atoms with Gasteiger partial charge in [0.15, 0.2) is 4.80 Å². The first-order valence-electron chi connectivity index (χ1n) is 10.0. The Balaban J connectivity index is 1.70. The molecule has 3 aromatic rings. The molecule has 7 heteroatoms. The van der Waals surface area contributed by atoms with E-state index < -0.39 is 0 Å². The number of benzene rings is 2. The summed E-state index contributed by atoms with van der Waals surface area (Å²) in [5.74, 6) is -0.758. The number of hydrogen-bond donors (Lipinski definition) is 0. The highest BCUT2D eigenvalue weighted by Gasteiger charge is 2.30. The van der Waals surface area contributed by atoms with Crippen molar-refractivity contribution in [3.05, 3.63) is 57.9 Å². The van der Waals surface area contributed by atoms with E-state index in [0.717, 1.165) is 23.2 Å². The molecule has 0 spiro atoms. The summed E-state index contributed by atoms with van der Waals surface area (Å²) in [6.45, 7) is 7.05. The van der Waals surface area contributed by atoms with Crippen LogP contribution in [0.15, 0.2) is 41.4 Å². The Hall–Kier alpha value is -3.06. The Morgan fingerprint density at radius 2 is 1.67 bits per heavy atom.